The number of amides is 1. The summed E-state index contributed by atoms with van der Waals surface area (Å²) in [6.07, 6.45) is 3.45. The van der Waals surface area contributed by atoms with E-state index in [1.807, 2.05) is 42.4 Å². The van der Waals surface area contributed by atoms with Gasteiger partial charge in [-0.1, -0.05) is 32.0 Å². The molecule has 1 aliphatic heterocycles. The normalized spacial score (nSPS) is 15.8. The standard InChI is InChI=1S/C24H28N4O3S/c1-17(2)15-28-16-21(20-7-4-5-8-22(20)28)24(29)25-18-10-12-19(13-11-18)32(30,31)26-23-9-6-14-27(23)3/h4-5,7-8,10-13,16-17H,6,9,14-15H2,1-3H3,(H,25,29)/b26-23-. The van der Waals surface area contributed by atoms with Crippen LogP contribution in [0.3, 0.4) is 0 Å². The van der Waals surface area contributed by atoms with Crippen LogP contribution in [-0.2, 0) is 16.6 Å². The van der Waals surface area contributed by atoms with Crippen molar-refractivity contribution in [1.82, 2.24) is 9.47 Å². The zero-order valence-corrected chi connectivity index (χ0v) is 19.4. The number of para-hydroxylation sites is 1. The quantitative estimate of drug-likeness (QED) is 0.602. The maximum atomic E-state index is 13.0. The third-order valence-corrected chi connectivity index (χ3v) is 6.88. The highest BCUT2D eigenvalue weighted by molar-refractivity contribution is 7.90. The van der Waals surface area contributed by atoms with Crippen molar-refractivity contribution in [3.63, 3.8) is 0 Å². The average molecular weight is 453 g/mol. The van der Waals surface area contributed by atoms with E-state index in [4.69, 9.17) is 0 Å². The Hall–Kier alpha value is -3.13. The first-order valence-corrected chi connectivity index (χ1v) is 12.2. The van der Waals surface area contributed by atoms with Crippen molar-refractivity contribution in [3.05, 3.63) is 60.3 Å². The first-order chi connectivity index (χ1) is 15.2. The van der Waals surface area contributed by atoms with Crippen molar-refractivity contribution in [2.75, 3.05) is 18.9 Å². The average Bonchev–Trinajstić information content (AvgIpc) is 3.31. The van der Waals surface area contributed by atoms with Crippen molar-refractivity contribution in [3.8, 4) is 0 Å². The third kappa shape index (κ3) is 4.55. The van der Waals surface area contributed by atoms with Crippen LogP contribution in [0.5, 0.6) is 0 Å². The van der Waals surface area contributed by atoms with Gasteiger partial charge in [0.25, 0.3) is 15.9 Å². The molecule has 2 heterocycles. The molecule has 0 radical (unpaired) electrons. The van der Waals surface area contributed by atoms with Crippen LogP contribution in [-0.4, -0.2) is 43.2 Å². The summed E-state index contributed by atoms with van der Waals surface area (Å²) in [6.45, 7) is 5.91. The maximum absolute atomic E-state index is 13.0. The summed E-state index contributed by atoms with van der Waals surface area (Å²) in [5, 5.41) is 3.77. The van der Waals surface area contributed by atoms with Crippen LogP contribution in [0.1, 0.15) is 37.0 Å². The lowest BCUT2D eigenvalue weighted by atomic mass is 10.1. The number of sulfonamides is 1. The summed E-state index contributed by atoms with van der Waals surface area (Å²) in [4.78, 5) is 15.0. The van der Waals surface area contributed by atoms with Crippen LogP contribution in [0.15, 0.2) is 64.0 Å². The first-order valence-electron chi connectivity index (χ1n) is 10.8. The number of hydrogen-bond donors (Lipinski definition) is 1. The van der Waals surface area contributed by atoms with Crippen molar-refractivity contribution in [2.24, 2.45) is 10.3 Å². The van der Waals surface area contributed by atoms with Gasteiger partial charge in [-0.2, -0.15) is 8.42 Å². The lowest BCUT2D eigenvalue weighted by molar-refractivity contribution is 0.102. The van der Waals surface area contributed by atoms with Gasteiger partial charge in [0.05, 0.1) is 10.5 Å². The number of carbonyl (C=O) groups is 1. The van der Waals surface area contributed by atoms with Gasteiger partial charge in [0.2, 0.25) is 0 Å². The minimum Gasteiger partial charge on any atom is -0.362 e. The molecule has 2 aromatic carbocycles. The molecule has 3 aromatic rings. The number of amidine groups is 1. The number of likely N-dealkylation sites (tertiary alicyclic amines) is 1. The zero-order chi connectivity index (χ0) is 22.9. The number of carbonyl (C=O) groups excluding carboxylic acids is 1. The number of nitrogens with zero attached hydrogens (tertiary/aromatic N) is 3. The summed E-state index contributed by atoms with van der Waals surface area (Å²) in [5.41, 5.74) is 2.14. The van der Waals surface area contributed by atoms with Crippen LogP contribution in [0.2, 0.25) is 0 Å². The molecule has 32 heavy (non-hydrogen) atoms. The lowest BCUT2D eigenvalue weighted by Gasteiger charge is -2.11. The van der Waals surface area contributed by atoms with Gasteiger partial charge in [-0.15, -0.1) is 4.40 Å². The van der Waals surface area contributed by atoms with E-state index in [1.54, 1.807) is 12.1 Å². The van der Waals surface area contributed by atoms with E-state index in [9.17, 15) is 13.2 Å². The van der Waals surface area contributed by atoms with Crippen LogP contribution in [0.4, 0.5) is 5.69 Å². The Labute approximate surface area is 188 Å². The van der Waals surface area contributed by atoms with Crippen molar-refractivity contribution in [1.29, 1.82) is 0 Å². The van der Waals surface area contributed by atoms with E-state index in [-0.39, 0.29) is 10.8 Å². The second-order valence-electron chi connectivity index (χ2n) is 8.59. The number of hydrogen-bond acceptors (Lipinski definition) is 3. The van der Waals surface area contributed by atoms with E-state index >= 15 is 0 Å². The molecule has 1 amide bonds. The molecule has 1 aromatic heterocycles. The molecule has 8 heteroatoms. The molecule has 0 saturated carbocycles. The van der Waals surface area contributed by atoms with Crippen LogP contribution >= 0.6 is 0 Å². The van der Waals surface area contributed by atoms with Gasteiger partial charge in [-0.3, -0.25) is 4.79 Å². The molecular weight excluding hydrogens is 424 g/mol. The molecule has 168 valence electrons. The summed E-state index contributed by atoms with van der Waals surface area (Å²) >= 11 is 0. The minimum absolute atomic E-state index is 0.108. The maximum Gasteiger partial charge on any atom is 0.283 e. The summed E-state index contributed by atoms with van der Waals surface area (Å²) in [7, 11) is -1.94. The van der Waals surface area contributed by atoms with Crippen LogP contribution in [0.25, 0.3) is 10.9 Å². The molecule has 1 saturated heterocycles. The second-order valence-corrected chi connectivity index (χ2v) is 10.2. The Morgan fingerprint density at radius 2 is 1.84 bits per heavy atom. The number of nitrogens with one attached hydrogen (secondary N) is 1. The molecular formula is C24H28N4O3S. The highest BCUT2D eigenvalue weighted by Crippen LogP contribution is 2.24. The van der Waals surface area contributed by atoms with E-state index in [1.165, 1.54) is 12.1 Å². The molecule has 4 rings (SSSR count). The van der Waals surface area contributed by atoms with Gasteiger partial charge in [-0.25, -0.2) is 0 Å². The number of rotatable bonds is 6. The van der Waals surface area contributed by atoms with Gasteiger partial charge < -0.3 is 14.8 Å². The fourth-order valence-corrected chi connectivity index (χ4v) is 5.08. The van der Waals surface area contributed by atoms with E-state index in [0.717, 1.165) is 30.4 Å². The summed E-state index contributed by atoms with van der Waals surface area (Å²) in [5.74, 6) is 0.802. The van der Waals surface area contributed by atoms with E-state index in [0.29, 0.717) is 29.4 Å². The Morgan fingerprint density at radius 3 is 2.50 bits per heavy atom. The Bertz CT molecular complexity index is 1270. The van der Waals surface area contributed by atoms with Gasteiger partial charge in [0.15, 0.2) is 0 Å². The number of fused-ring (bicyclic) bond motifs is 1. The Balaban J connectivity index is 1.55. The molecule has 1 fully saturated rings. The van der Waals surface area contributed by atoms with Gasteiger partial charge in [0, 0.05) is 49.3 Å². The molecule has 0 spiro atoms. The smallest absolute Gasteiger partial charge is 0.283 e. The first kappa shape index (κ1) is 22.1. The largest absolute Gasteiger partial charge is 0.362 e. The van der Waals surface area contributed by atoms with Crippen LogP contribution in [0, 0.1) is 5.92 Å². The lowest BCUT2D eigenvalue weighted by Crippen LogP contribution is -2.20. The predicted octanol–water partition coefficient (Wildman–Crippen LogP) is 4.36. The molecule has 0 bridgehead atoms. The molecule has 1 aliphatic rings. The molecule has 7 nitrogen and oxygen atoms in total. The van der Waals surface area contributed by atoms with Gasteiger partial charge in [0.1, 0.15) is 5.84 Å². The van der Waals surface area contributed by atoms with Crippen molar-refractivity contribution < 1.29 is 13.2 Å². The minimum atomic E-state index is -3.78. The van der Waals surface area contributed by atoms with E-state index < -0.39 is 10.0 Å². The number of aromatic nitrogens is 1. The highest BCUT2D eigenvalue weighted by atomic mass is 32.2. The Morgan fingerprint density at radius 1 is 1.12 bits per heavy atom. The Kier molecular flexibility index (Phi) is 6.06. The van der Waals surface area contributed by atoms with Gasteiger partial charge in [-0.05, 0) is 42.7 Å². The SMILES string of the molecule is CC(C)Cn1cc(C(=O)Nc2ccc(S(=O)(=O)/N=C3/CCCN3C)cc2)c2ccccc21. The number of anilines is 1. The fourth-order valence-electron chi connectivity index (χ4n) is 3.98. The van der Waals surface area contributed by atoms with E-state index in [2.05, 4.69) is 28.1 Å². The topological polar surface area (TPSA) is 83.8 Å². The third-order valence-electron chi connectivity index (χ3n) is 5.57. The molecule has 1 N–H and O–H groups in total. The number of benzene rings is 2. The van der Waals surface area contributed by atoms with Crippen molar-refractivity contribution >= 4 is 38.4 Å². The van der Waals surface area contributed by atoms with Crippen LogP contribution < -0.4 is 5.32 Å². The molecule has 0 atom stereocenters. The molecule has 0 unspecified atom stereocenters. The monoisotopic (exact) mass is 452 g/mol. The fraction of sp³-hybridized carbons (Fsp3) is 0.333. The summed E-state index contributed by atoms with van der Waals surface area (Å²) < 4.78 is 31.3. The zero-order valence-electron chi connectivity index (χ0n) is 18.6. The van der Waals surface area contributed by atoms with Crippen molar-refractivity contribution in [2.45, 2.75) is 38.1 Å². The predicted molar refractivity (Wildman–Crippen MR) is 128 cm³/mol. The second kappa shape index (κ2) is 8.78. The highest BCUT2D eigenvalue weighted by Gasteiger charge is 2.21. The van der Waals surface area contributed by atoms with Gasteiger partial charge >= 0.3 is 0 Å². The molecule has 0 aliphatic carbocycles. The summed E-state index contributed by atoms with van der Waals surface area (Å²) in [6, 6.07) is 14.0.